The molecule has 0 saturated carbocycles. The molecule has 0 N–H and O–H groups in total. The summed E-state index contributed by atoms with van der Waals surface area (Å²) in [6.45, 7) is 4.19. The first-order chi connectivity index (χ1) is 17.0. The normalized spacial score (nSPS) is 15.3. The van der Waals surface area contributed by atoms with E-state index < -0.39 is 0 Å². The predicted molar refractivity (Wildman–Crippen MR) is 131 cm³/mol. The predicted octanol–water partition coefficient (Wildman–Crippen LogP) is 5.33. The molecule has 3 heterocycles. The van der Waals surface area contributed by atoms with Crippen molar-refractivity contribution in [3.63, 3.8) is 0 Å². The van der Waals surface area contributed by atoms with Crippen LogP contribution in [-0.2, 0) is 11.4 Å². The Kier molecular flexibility index (Phi) is 6.67. The number of aromatic nitrogens is 2. The number of aryl methyl sites for hydroxylation is 2. The third-order valence-electron chi connectivity index (χ3n) is 5.54. The van der Waals surface area contributed by atoms with Crippen molar-refractivity contribution in [2.45, 2.75) is 38.1 Å². The minimum atomic E-state index is -0.296. The number of benzene rings is 2. The van der Waals surface area contributed by atoms with Crippen LogP contribution >= 0.6 is 11.8 Å². The smallest absolute Gasteiger partial charge is 0.277 e. The number of ether oxygens (including phenoxy) is 1. The zero-order chi connectivity index (χ0) is 24.2. The first kappa shape index (κ1) is 22.9. The van der Waals surface area contributed by atoms with Crippen LogP contribution in [0.2, 0.25) is 0 Å². The summed E-state index contributed by atoms with van der Waals surface area (Å²) in [5, 5.41) is 14.5. The molecule has 2 aromatic carbocycles. The average molecular weight is 489 g/mol. The van der Waals surface area contributed by atoms with Gasteiger partial charge in [0.05, 0.1) is 17.7 Å². The maximum Gasteiger partial charge on any atom is 0.277 e. The van der Waals surface area contributed by atoms with Gasteiger partial charge in [0.25, 0.3) is 17.0 Å². The van der Waals surface area contributed by atoms with Gasteiger partial charge in [-0.05, 0) is 49.2 Å². The van der Waals surface area contributed by atoms with Crippen molar-refractivity contribution in [3.8, 4) is 5.75 Å². The molecule has 1 aliphatic rings. The second kappa shape index (κ2) is 10.2. The van der Waals surface area contributed by atoms with Gasteiger partial charge in [0.1, 0.15) is 17.6 Å². The Labute approximate surface area is 207 Å². The number of hydrogen-bond acceptors (Lipinski definition) is 8. The summed E-state index contributed by atoms with van der Waals surface area (Å²) in [5.74, 6) is 1.70. The number of furan rings is 1. The Morgan fingerprint density at radius 3 is 2.71 bits per heavy atom. The van der Waals surface area contributed by atoms with Crippen molar-refractivity contribution >= 4 is 23.4 Å². The summed E-state index contributed by atoms with van der Waals surface area (Å²) in [6.07, 6.45) is 2.18. The van der Waals surface area contributed by atoms with Gasteiger partial charge in [0, 0.05) is 6.42 Å². The highest BCUT2D eigenvalue weighted by Gasteiger charge is 2.35. The van der Waals surface area contributed by atoms with Crippen molar-refractivity contribution in [3.05, 3.63) is 95.3 Å². The van der Waals surface area contributed by atoms with Crippen LogP contribution in [0.4, 0.5) is 0 Å². The lowest BCUT2D eigenvalue weighted by atomic mass is 10.0. The highest BCUT2D eigenvalue weighted by molar-refractivity contribution is 7.99. The van der Waals surface area contributed by atoms with Gasteiger partial charge in [-0.25, -0.2) is 5.01 Å². The molecule has 0 bridgehead atoms. The third kappa shape index (κ3) is 5.46. The van der Waals surface area contributed by atoms with E-state index in [9.17, 15) is 4.79 Å². The van der Waals surface area contributed by atoms with Gasteiger partial charge >= 0.3 is 0 Å². The lowest BCUT2D eigenvalue weighted by molar-refractivity contribution is -0.130. The number of amides is 1. The molecule has 2 aromatic heterocycles. The number of carbonyl (C=O) groups is 1. The van der Waals surface area contributed by atoms with Crippen molar-refractivity contribution in [1.82, 2.24) is 15.2 Å². The molecular formula is C26H24N4O4S. The summed E-state index contributed by atoms with van der Waals surface area (Å²) in [4.78, 5) is 13.1. The van der Waals surface area contributed by atoms with Gasteiger partial charge in [-0.15, -0.1) is 10.2 Å². The van der Waals surface area contributed by atoms with Crippen molar-refractivity contribution in [2.24, 2.45) is 5.10 Å². The molecule has 8 nitrogen and oxygen atoms in total. The van der Waals surface area contributed by atoms with Gasteiger partial charge < -0.3 is 13.6 Å². The Morgan fingerprint density at radius 1 is 1.09 bits per heavy atom. The van der Waals surface area contributed by atoms with E-state index in [1.165, 1.54) is 22.3 Å². The largest absolute Gasteiger partial charge is 0.484 e. The molecule has 178 valence electrons. The van der Waals surface area contributed by atoms with Crippen LogP contribution in [0.1, 0.15) is 40.8 Å². The Balaban J connectivity index is 1.23. The van der Waals surface area contributed by atoms with Crippen LogP contribution in [0.5, 0.6) is 5.75 Å². The molecule has 4 aromatic rings. The van der Waals surface area contributed by atoms with Crippen LogP contribution in [0, 0.1) is 13.8 Å². The summed E-state index contributed by atoms with van der Waals surface area (Å²) in [7, 11) is 0. The third-order valence-corrected chi connectivity index (χ3v) is 6.34. The minimum Gasteiger partial charge on any atom is -0.484 e. The second-order valence-corrected chi connectivity index (χ2v) is 9.17. The molecule has 1 aliphatic heterocycles. The molecule has 0 fully saturated rings. The quantitative estimate of drug-likeness (QED) is 0.310. The van der Waals surface area contributed by atoms with E-state index in [0.717, 1.165) is 22.6 Å². The molecule has 0 spiro atoms. The summed E-state index contributed by atoms with van der Waals surface area (Å²) >= 11 is 1.17. The van der Waals surface area contributed by atoms with Crippen LogP contribution in [0.25, 0.3) is 0 Å². The molecule has 9 heteroatoms. The number of hydrazone groups is 1. The van der Waals surface area contributed by atoms with Crippen LogP contribution in [-0.4, -0.2) is 32.6 Å². The van der Waals surface area contributed by atoms with E-state index in [1.54, 1.807) is 6.26 Å². The topological polar surface area (TPSA) is 94.0 Å². The molecule has 0 radical (unpaired) electrons. The summed E-state index contributed by atoms with van der Waals surface area (Å²) in [6, 6.07) is 19.2. The maximum absolute atomic E-state index is 13.1. The lowest BCUT2D eigenvalue weighted by Gasteiger charge is -2.19. The van der Waals surface area contributed by atoms with Crippen LogP contribution in [0.15, 0.2) is 86.1 Å². The molecule has 1 amide bonds. The van der Waals surface area contributed by atoms with Crippen molar-refractivity contribution < 1.29 is 18.4 Å². The molecule has 0 saturated heterocycles. The SMILES string of the molecule is Cc1ccc(C2=NN(C(=O)CSc3nnc(COc4cccc(C)c4)o3)[C@@H](c3ccco3)C2)cc1. The van der Waals surface area contributed by atoms with E-state index in [-0.39, 0.29) is 24.3 Å². The van der Waals surface area contributed by atoms with Crippen LogP contribution < -0.4 is 4.74 Å². The van der Waals surface area contributed by atoms with E-state index in [0.29, 0.717) is 23.3 Å². The zero-order valence-corrected chi connectivity index (χ0v) is 20.2. The molecule has 0 unspecified atom stereocenters. The highest BCUT2D eigenvalue weighted by Crippen LogP contribution is 2.34. The van der Waals surface area contributed by atoms with Crippen molar-refractivity contribution in [2.75, 3.05) is 5.75 Å². The number of rotatable bonds is 8. The molecule has 0 aliphatic carbocycles. The first-order valence-corrected chi connectivity index (χ1v) is 12.2. The van der Waals surface area contributed by atoms with E-state index in [4.69, 9.17) is 13.6 Å². The number of nitrogens with zero attached hydrogens (tertiary/aromatic N) is 4. The second-order valence-electron chi connectivity index (χ2n) is 8.24. The number of carbonyl (C=O) groups excluding carboxylic acids is 1. The summed E-state index contributed by atoms with van der Waals surface area (Å²) < 4.78 is 17.0. The monoisotopic (exact) mass is 488 g/mol. The van der Waals surface area contributed by atoms with Gasteiger partial charge in [0.2, 0.25) is 0 Å². The van der Waals surface area contributed by atoms with Gasteiger partial charge in [-0.2, -0.15) is 5.10 Å². The van der Waals surface area contributed by atoms with Gasteiger partial charge in [0.15, 0.2) is 6.61 Å². The molecule has 5 rings (SSSR count). The summed E-state index contributed by atoms with van der Waals surface area (Å²) in [5.41, 5.74) is 4.11. The molecular weight excluding hydrogens is 464 g/mol. The molecule has 35 heavy (non-hydrogen) atoms. The average Bonchev–Trinajstić information content (AvgIpc) is 3.62. The maximum atomic E-state index is 13.1. The fourth-order valence-electron chi connectivity index (χ4n) is 3.76. The van der Waals surface area contributed by atoms with Gasteiger partial charge in [-0.3, -0.25) is 4.79 Å². The van der Waals surface area contributed by atoms with E-state index >= 15 is 0 Å². The Morgan fingerprint density at radius 2 is 1.94 bits per heavy atom. The minimum absolute atomic E-state index is 0.0995. The Hall–Kier alpha value is -3.85. The highest BCUT2D eigenvalue weighted by atomic mass is 32.2. The fourth-order valence-corrected chi connectivity index (χ4v) is 4.39. The van der Waals surface area contributed by atoms with Crippen molar-refractivity contribution in [1.29, 1.82) is 0 Å². The lowest BCUT2D eigenvalue weighted by Crippen LogP contribution is -2.28. The van der Waals surface area contributed by atoms with E-state index in [1.807, 2.05) is 74.5 Å². The van der Waals surface area contributed by atoms with Gasteiger partial charge in [-0.1, -0.05) is 53.7 Å². The van der Waals surface area contributed by atoms with E-state index in [2.05, 4.69) is 15.3 Å². The standard InChI is InChI=1S/C26H24N4O4S/c1-17-8-10-19(11-9-17)21-14-22(23-7-4-12-32-23)30(29-21)25(31)16-35-26-28-27-24(34-26)15-33-20-6-3-5-18(2)13-20/h3-13,22H,14-16H2,1-2H3/t22-/m1/s1. The first-order valence-electron chi connectivity index (χ1n) is 11.2. The number of thioether (sulfide) groups is 1. The zero-order valence-electron chi connectivity index (χ0n) is 19.4. The number of hydrogen-bond donors (Lipinski definition) is 0. The Bertz CT molecular complexity index is 1330. The molecule has 1 atom stereocenters. The van der Waals surface area contributed by atoms with Crippen LogP contribution in [0.3, 0.4) is 0 Å². The fraction of sp³-hybridized carbons (Fsp3) is 0.231.